The molecule has 90 valence electrons. The van der Waals surface area contributed by atoms with Crippen LogP contribution < -0.4 is 5.73 Å². The number of hydrogen-bond donors (Lipinski definition) is 1. The van der Waals surface area contributed by atoms with Gasteiger partial charge in [0, 0.05) is 27.5 Å². The highest BCUT2D eigenvalue weighted by atomic mass is 79.9. The lowest BCUT2D eigenvalue weighted by atomic mass is 10.3. The van der Waals surface area contributed by atoms with Crippen LogP contribution in [0.3, 0.4) is 0 Å². The number of aromatic nitrogens is 1. The van der Waals surface area contributed by atoms with Crippen LogP contribution in [0.25, 0.3) is 0 Å². The minimum atomic E-state index is 0.236. The first-order valence-electron chi connectivity index (χ1n) is 4.91. The van der Waals surface area contributed by atoms with Gasteiger partial charge in [0.1, 0.15) is 0 Å². The molecule has 0 bridgehead atoms. The Hall–Kier alpha value is -0.0700. The molecule has 2 heterocycles. The van der Waals surface area contributed by atoms with Crippen LogP contribution in [0.1, 0.15) is 10.1 Å². The Labute approximate surface area is 122 Å². The van der Waals surface area contributed by atoms with Gasteiger partial charge in [-0.15, -0.1) is 11.3 Å². The van der Waals surface area contributed by atoms with Gasteiger partial charge in [-0.1, -0.05) is 23.4 Å². The average Bonchev–Trinajstić information content (AvgIpc) is 2.75. The molecule has 17 heavy (non-hydrogen) atoms. The maximum Gasteiger partial charge on any atom is 0.0967 e. The zero-order valence-electron chi connectivity index (χ0n) is 8.77. The van der Waals surface area contributed by atoms with Gasteiger partial charge in [0.2, 0.25) is 0 Å². The molecule has 2 nitrogen and oxygen atoms in total. The fraction of sp³-hybridized carbons (Fsp3) is 0.182. The number of thioether (sulfide) groups is 1. The van der Waals surface area contributed by atoms with Crippen LogP contribution in [0.4, 0.5) is 0 Å². The van der Waals surface area contributed by atoms with E-state index >= 15 is 0 Å². The van der Waals surface area contributed by atoms with E-state index in [1.807, 2.05) is 12.1 Å². The van der Waals surface area contributed by atoms with Gasteiger partial charge >= 0.3 is 0 Å². The predicted molar refractivity (Wildman–Crippen MR) is 78.9 cm³/mol. The second kappa shape index (κ2) is 6.20. The Bertz CT molecular complexity index is 486. The monoisotopic (exact) mass is 348 g/mol. The molecule has 0 aliphatic heterocycles. The van der Waals surface area contributed by atoms with E-state index in [1.54, 1.807) is 29.3 Å². The number of nitrogens with two attached hydrogens (primary N) is 1. The summed E-state index contributed by atoms with van der Waals surface area (Å²) in [5, 5.41) is 3.89. The van der Waals surface area contributed by atoms with Crippen molar-refractivity contribution in [2.45, 2.75) is 10.3 Å². The molecule has 0 aliphatic rings. The van der Waals surface area contributed by atoms with Gasteiger partial charge in [0.25, 0.3) is 0 Å². The second-order valence-corrected chi connectivity index (χ2v) is 6.84. The molecule has 0 aliphatic carbocycles. The maximum atomic E-state index is 5.81. The van der Waals surface area contributed by atoms with Crippen molar-refractivity contribution >= 4 is 50.6 Å². The van der Waals surface area contributed by atoms with Gasteiger partial charge in [-0.2, -0.15) is 0 Å². The molecule has 0 radical (unpaired) electrons. The van der Waals surface area contributed by atoms with Crippen molar-refractivity contribution in [1.29, 1.82) is 0 Å². The third-order valence-corrected chi connectivity index (χ3v) is 5.48. The summed E-state index contributed by atoms with van der Waals surface area (Å²) in [7, 11) is 0. The van der Waals surface area contributed by atoms with Crippen LogP contribution >= 0.6 is 50.6 Å². The molecule has 6 heteroatoms. The van der Waals surface area contributed by atoms with Crippen LogP contribution in [0.2, 0.25) is 5.02 Å². The van der Waals surface area contributed by atoms with E-state index in [-0.39, 0.29) is 5.25 Å². The van der Waals surface area contributed by atoms with Crippen molar-refractivity contribution in [3.05, 3.63) is 44.1 Å². The van der Waals surface area contributed by atoms with Crippen molar-refractivity contribution in [2.24, 2.45) is 5.73 Å². The number of pyridine rings is 1. The zero-order chi connectivity index (χ0) is 12.3. The normalized spacial score (nSPS) is 12.6. The van der Waals surface area contributed by atoms with Crippen molar-refractivity contribution in [2.75, 3.05) is 6.54 Å². The predicted octanol–water partition coefficient (Wildman–Crippen LogP) is 4.35. The lowest BCUT2D eigenvalue weighted by Gasteiger charge is -2.11. The Morgan fingerprint density at radius 1 is 1.53 bits per heavy atom. The lowest BCUT2D eigenvalue weighted by Crippen LogP contribution is -2.08. The van der Waals surface area contributed by atoms with Crippen molar-refractivity contribution in [1.82, 2.24) is 4.98 Å². The SMILES string of the molecule is NCC(Sc1ccc(Cl)cn1)c1cc(Br)cs1. The molecule has 2 N–H and O–H groups in total. The summed E-state index contributed by atoms with van der Waals surface area (Å²) in [6.07, 6.45) is 1.65. The highest BCUT2D eigenvalue weighted by Gasteiger charge is 2.14. The molecule has 0 saturated heterocycles. The highest BCUT2D eigenvalue weighted by molar-refractivity contribution is 9.10. The third-order valence-electron chi connectivity index (χ3n) is 2.08. The van der Waals surface area contributed by atoms with Gasteiger partial charge in [-0.3, -0.25) is 0 Å². The van der Waals surface area contributed by atoms with Gasteiger partial charge in [-0.05, 0) is 34.1 Å². The van der Waals surface area contributed by atoms with Gasteiger partial charge in [0.05, 0.1) is 15.3 Å². The van der Waals surface area contributed by atoms with Crippen molar-refractivity contribution < 1.29 is 0 Å². The van der Waals surface area contributed by atoms with E-state index in [1.165, 1.54) is 4.88 Å². The molecular formula is C11H10BrClN2S2. The summed E-state index contributed by atoms with van der Waals surface area (Å²) in [4.78, 5) is 5.52. The smallest absolute Gasteiger partial charge is 0.0967 e. The Kier molecular flexibility index (Phi) is 4.87. The first kappa shape index (κ1) is 13.4. The first-order valence-corrected chi connectivity index (χ1v) is 7.84. The minimum Gasteiger partial charge on any atom is -0.329 e. The van der Waals surface area contributed by atoms with E-state index in [2.05, 4.69) is 32.4 Å². The number of hydrogen-bond acceptors (Lipinski definition) is 4. The molecule has 1 unspecified atom stereocenters. The fourth-order valence-electron chi connectivity index (χ4n) is 1.30. The van der Waals surface area contributed by atoms with Crippen LogP contribution in [0.5, 0.6) is 0 Å². The summed E-state index contributed by atoms with van der Waals surface area (Å²) in [6, 6.07) is 5.86. The highest BCUT2D eigenvalue weighted by Crippen LogP contribution is 2.37. The van der Waals surface area contributed by atoms with Crippen molar-refractivity contribution in [3.63, 3.8) is 0 Å². The molecule has 2 aromatic heterocycles. The fourth-order valence-corrected chi connectivity index (χ4v) is 3.99. The van der Waals surface area contributed by atoms with E-state index in [9.17, 15) is 0 Å². The van der Waals surface area contributed by atoms with Crippen LogP contribution in [0, 0.1) is 0 Å². The Balaban J connectivity index is 2.12. The number of nitrogens with zero attached hydrogens (tertiary/aromatic N) is 1. The quantitative estimate of drug-likeness (QED) is 0.834. The van der Waals surface area contributed by atoms with Gasteiger partial charge in [-0.25, -0.2) is 4.98 Å². The summed E-state index contributed by atoms with van der Waals surface area (Å²) >= 11 is 12.6. The summed E-state index contributed by atoms with van der Waals surface area (Å²) in [6.45, 7) is 0.585. The van der Waals surface area contributed by atoms with Crippen LogP contribution in [-0.4, -0.2) is 11.5 Å². The van der Waals surface area contributed by atoms with E-state index in [4.69, 9.17) is 17.3 Å². The lowest BCUT2D eigenvalue weighted by molar-refractivity contribution is 0.953. The first-order chi connectivity index (χ1) is 8.19. The summed E-state index contributed by atoms with van der Waals surface area (Å²) < 4.78 is 1.10. The number of thiophene rings is 1. The number of halogens is 2. The summed E-state index contributed by atoms with van der Waals surface area (Å²) in [5.41, 5.74) is 5.81. The second-order valence-electron chi connectivity index (χ2n) is 3.32. The third kappa shape index (κ3) is 3.69. The summed E-state index contributed by atoms with van der Waals surface area (Å²) in [5.74, 6) is 0. The topological polar surface area (TPSA) is 38.9 Å². The minimum absolute atomic E-state index is 0.236. The standard InChI is InChI=1S/C11H10BrClN2S2/c12-7-3-9(16-6-7)10(4-14)17-11-2-1-8(13)5-15-11/h1-3,5-6,10H,4,14H2. The number of rotatable bonds is 4. The largest absolute Gasteiger partial charge is 0.329 e. The van der Waals surface area contributed by atoms with Crippen molar-refractivity contribution in [3.8, 4) is 0 Å². The zero-order valence-corrected chi connectivity index (χ0v) is 12.7. The molecule has 1 atom stereocenters. The molecule has 0 aromatic carbocycles. The maximum absolute atomic E-state index is 5.81. The van der Waals surface area contributed by atoms with Gasteiger partial charge < -0.3 is 5.73 Å². The molecule has 0 fully saturated rings. The van der Waals surface area contributed by atoms with E-state index in [0.717, 1.165) is 9.50 Å². The Morgan fingerprint density at radius 2 is 2.35 bits per heavy atom. The molecule has 2 aromatic rings. The van der Waals surface area contributed by atoms with Gasteiger partial charge in [0.15, 0.2) is 0 Å². The molecular weight excluding hydrogens is 340 g/mol. The Morgan fingerprint density at radius 3 is 2.88 bits per heavy atom. The molecule has 0 spiro atoms. The molecule has 2 rings (SSSR count). The molecule has 0 amide bonds. The van der Waals surface area contributed by atoms with Crippen LogP contribution in [0.15, 0.2) is 39.3 Å². The van der Waals surface area contributed by atoms with Crippen LogP contribution in [-0.2, 0) is 0 Å². The van der Waals surface area contributed by atoms with E-state index in [0.29, 0.717) is 11.6 Å². The molecule has 0 saturated carbocycles. The van der Waals surface area contributed by atoms with E-state index < -0.39 is 0 Å². The average molecular weight is 350 g/mol.